The lowest BCUT2D eigenvalue weighted by Crippen LogP contribution is -2.10. The molecule has 5 heteroatoms. The molecule has 2 rings (SSSR count). The molecule has 0 amide bonds. The number of ether oxygens (including phenoxy) is 1. The normalized spacial score (nSPS) is 10.8. The van der Waals surface area contributed by atoms with Crippen molar-refractivity contribution in [2.75, 3.05) is 7.11 Å². The summed E-state index contributed by atoms with van der Waals surface area (Å²) >= 11 is 1.39. The van der Waals surface area contributed by atoms with E-state index in [1.165, 1.54) is 11.3 Å². The summed E-state index contributed by atoms with van der Waals surface area (Å²) < 4.78 is 5.55. The molecule has 0 aromatic carbocycles. The van der Waals surface area contributed by atoms with Gasteiger partial charge in [0.1, 0.15) is 17.1 Å². The highest BCUT2D eigenvalue weighted by atomic mass is 32.1. The van der Waals surface area contributed by atoms with Crippen molar-refractivity contribution in [3.63, 3.8) is 0 Å². The SMILES string of the molecule is COCc1nc2ccsc2c(=O)[nH]1. The molecule has 1 N–H and O–H groups in total. The van der Waals surface area contributed by atoms with E-state index in [0.29, 0.717) is 17.1 Å². The van der Waals surface area contributed by atoms with Crippen molar-refractivity contribution in [2.24, 2.45) is 0 Å². The van der Waals surface area contributed by atoms with Crippen LogP contribution in [0.5, 0.6) is 0 Å². The van der Waals surface area contributed by atoms with Crippen molar-refractivity contribution >= 4 is 21.6 Å². The van der Waals surface area contributed by atoms with Crippen LogP contribution in [0, 0.1) is 0 Å². The molecule has 0 fully saturated rings. The first-order chi connectivity index (χ1) is 6.31. The fourth-order valence-corrected chi connectivity index (χ4v) is 1.85. The Kier molecular flexibility index (Phi) is 2.12. The van der Waals surface area contributed by atoms with Gasteiger partial charge in [-0.3, -0.25) is 4.79 Å². The third-order valence-corrected chi connectivity index (χ3v) is 2.55. The van der Waals surface area contributed by atoms with E-state index in [-0.39, 0.29) is 5.56 Å². The maximum Gasteiger partial charge on any atom is 0.268 e. The number of aromatic nitrogens is 2. The zero-order valence-electron chi connectivity index (χ0n) is 7.03. The molecule has 68 valence electrons. The Morgan fingerprint density at radius 2 is 2.54 bits per heavy atom. The number of H-pyrrole nitrogens is 1. The maximum atomic E-state index is 11.4. The van der Waals surface area contributed by atoms with Crippen LogP contribution in [0.25, 0.3) is 10.2 Å². The number of hydrogen-bond donors (Lipinski definition) is 1. The third kappa shape index (κ3) is 1.48. The van der Waals surface area contributed by atoms with Crippen molar-refractivity contribution in [3.05, 3.63) is 27.6 Å². The van der Waals surface area contributed by atoms with Crippen molar-refractivity contribution in [3.8, 4) is 0 Å². The van der Waals surface area contributed by atoms with E-state index in [9.17, 15) is 4.79 Å². The number of fused-ring (bicyclic) bond motifs is 1. The second kappa shape index (κ2) is 3.27. The summed E-state index contributed by atoms with van der Waals surface area (Å²) in [5.41, 5.74) is 0.646. The fraction of sp³-hybridized carbons (Fsp3) is 0.250. The van der Waals surface area contributed by atoms with Gasteiger partial charge >= 0.3 is 0 Å². The van der Waals surface area contributed by atoms with Crippen LogP contribution in [-0.2, 0) is 11.3 Å². The van der Waals surface area contributed by atoms with E-state index in [4.69, 9.17) is 4.74 Å². The van der Waals surface area contributed by atoms with Crippen molar-refractivity contribution in [1.29, 1.82) is 0 Å². The van der Waals surface area contributed by atoms with Crippen molar-refractivity contribution < 1.29 is 4.74 Å². The van der Waals surface area contributed by atoms with Gasteiger partial charge in [-0.25, -0.2) is 4.98 Å². The topological polar surface area (TPSA) is 55.0 Å². The predicted octanol–water partition coefficient (Wildman–Crippen LogP) is 1.13. The minimum Gasteiger partial charge on any atom is -0.377 e. The average Bonchev–Trinajstić information content (AvgIpc) is 2.53. The van der Waals surface area contributed by atoms with Gasteiger partial charge in [0, 0.05) is 7.11 Å². The number of nitrogens with one attached hydrogen (secondary N) is 1. The second-order valence-electron chi connectivity index (χ2n) is 2.58. The molecule has 0 aliphatic carbocycles. The van der Waals surface area contributed by atoms with Gasteiger partial charge in [-0.05, 0) is 11.4 Å². The third-order valence-electron chi connectivity index (χ3n) is 1.64. The quantitative estimate of drug-likeness (QED) is 0.783. The first-order valence-corrected chi connectivity index (χ1v) is 4.64. The van der Waals surface area contributed by atoms with Gasteiger partial charge in [-0.1, -0.05) is 0 Å². The molecule has 2 heterocycles. The zero-order valence-corrected chi connectivity index (χ0v) is 7.85. The summed E-state index contributed by atoms with van der Waals surface area (Å²) in [4.78, 5) is 18.3. The fourth-order valence-electron chi connectivity index (χ4n) is 1.13. The largest absolute Gasteiger partial charge is 0.377 e. The van der Waals surface area contributed by atoms with Crippen LogP contribution in [0.15, 0.2) is 16.2 Å². The van der Waals surface area contributed by atoms with E-state index in [1.54, 1.807) is 7.11 Å². The lowest BCUT2D eigenvalue weighted by Gasteiger charge is -1.97. The molecule has 0 aliphatic heterocycles. The standard InChI is InChI=1S/C8H8N2O2S/c1-12-4-6-9-5-2-3-13-7(5)8(11)10-6/h2-3H,4H2,1H3,(H,9,10,11). The molecule has 0 bridgehead atoms. The molecule has 4 nitrogen and oxygen atoms in total. The molecule has 0 atom stereocenters. The number of rotatable bonds is 2. The number of methoxy groups -OCH3 is 1. The zero-order chi connectivity index (χ0) is 9.26. The van der Waals surface area contributed by atoms with Gasteiger partial charge in [0.2, 0.25) is 0 Å². The van der Waals surface area contributed by atoms with Crippen LogP contribution in [0.1, 0.15) is 5.82 Å². The molecular weight excluding hydrogens is 188 g/mol. The molecule has 13 heavy (non-hydrogen) atoms. The Balaban J connectivity index is 2.63. The van der Waals surface area contributed by atoms with Crippen LogP contribution in [-0.4, -0.2) is 17.1 Å². The molecule has 0 saturated carbocycles. The summed E-state index contributed by atoms with van der Waals surface area (Å²) in [6.07, 6.45) is 0. The van der Waals surface area contributed by atoms with Crippen LogP contribution < -0.4 is 5.56 Å². The van der Waals surface area contributed by atoms with Crippen molar-refractivity contribution in [1.82, 2.24) is 9.97 Å². The summed E-state index contributed by atoms with van der Waals surface area (Å²) in [5.74, 6) is 0.568. The highest BCUT2D eigenvalue weighted by Gasteiger charge is 2.03. The van der Waals surface area contributed by atoms with Gasteiger partial charge in [0.25, 0.3) is 5.56 Å². The van der Waals surface area contributed by atoms with E-state index in [0.717, 1.165) is 5.52 Å². The maximum absolute atomic E-state index is 11.4. The van der Waals surface area contributed by atoms with Crippen LogP contribution in [0.3, 0.4) is 0 Å². The summed E-state index contributed by atoms with van der Waals surface area (Å²) in [7, 11) is 1.57. The van der Waals surface area contributed by atoms with E-state index in [2.05, 4.69) is 9.97 Å². The summed E-state index contributed by atoms with van der Waals surface area (Å²) in [6, 6.07) is 1.83. The Hall–Kier alpha value is -1.20. The number of aromatic amines is 1. The van der Waals surface area contributed by atoms with Gasteiger partial charge in [-0.2, -0.15) is 0 Å². The first kappa shape index (κ1) is 8.40. The molecule has 0 radical (unpaired) electrons. The molecule has 0 saturated heterocycles. The summed E-state index contributed by atoms with van der Waals surface area (Å²) in [5, 5.41) is 1.85. The van der Waals surface area contributed by atoms with Crippen LogP contribution >= 0.6 is 11.3 Å². The van der Waals surface area contributed by atoms with Gasteiger partial charge in [-0.15, -0.1) is 11.3 Å². The monoisotopic (exact) mass is 196 g/mol. The summed E-state index contributed by atoms with van der Waals surface area (Å²) in [6.45, 7) is 0.334. The lowest BCUT2D eigenvalue weighted by atomic mass is 10.4. The van der Waals surface area contributed by atoms with E-state index in [1.807, 2.05) is 11.4 Å². The van der Waals surface area contributed by atoms with E-state index >= 15 is 0 Å². The van der Waals surface area contributed by atoms with E-state index < -0.39 is 0 Å². The molecule has 2 aromatic rings. The second-order valence-corrected chi connectivity index (χ2v) is 3.50. The molecule has 0 aliphatic rings. The molecule has 0 spiro atoms. The smallest absolute Gasteiger partial charge is 0.268 e. The van der Waals surface area contributed by atoms with Gasteiger partial charge in [0.15, 0.2) is 0 Å². The Morgan fingerprint density at radius 3 is 3.31 bits per heavy atom. The highest BCUT2D eigenvalue weighted by molar-refractivity contribution is 7.17. The minimum atomic E-state index is -0.0907. The molecule has 0 unspecified atom stereocenters. The number of thiophene rings is 1. The Morgan fingerprint density at radius 1 is 1.69 bits per heavy atom. The van der Waals surface area contributed by atoms with Crippen LogP contribution in [0.4, 0.5) is 0 Å². The average molecular weight is 196 g/mol. The van der Waals surface area contributed by atoms with Crippen LogP contribution in [0.2, 0.25) is 0 Å². The minimum absolute atomic E-state index is 0.0907. The highest BCUT2D eigenvalue weighted by Crippen LogP contribution is 2.13. The van der Waals surface area contributed by atoms with Gasteiger partial charge < -0.3 is 9.72 Å². The first-order valence-electron chi connectivity index (χ1n) is 3.76. The Bertz CT molecular complexity index is 474. The number of hydrogen-bond acceptors (Lipinski definition) is 4. The molecular formula is C8H8N2O2S. The van der Waals surface area contributed by atoms with Gasteiger partial charge in [0.05, 0.1) is 5.52 Å². The lowest BCUT2D eigenvalue weighted by molar-refractivity contribution is 0.178. The molecule has 2 aromatic heterocycles. The predicted molar refractivity (Wildman–Crippen MR) is 51.0 cm³/mol. The Labute approximate surface area is 78.2 Å². The van der Waals surface area contributed by atoms with Crippen molar-refractivity contribution in [2.45, 2.75) is 6.61 Å². The number of nitrogens with zero attached hydrogens (tertiary/aromatic N) is 1.